The Morgan fingerprint density at radius 2 is 1.93 bits per heavy atom. The summed E-state index contributed by atoms with van der Waals surface area (Å²) in [7, 11) is 0. The van der Waals surface area contributed by atoms with Gasteiger partial charge >= 0.3 is 0 Å². The van der Waals surface area contributed by atoms with E-state index in [1.807, 2.05) is 0 Å². The molecule has 0 aliphatic carbocycles. The van der Waals surface area contributed by atoms with Crippen LogP contribution in [0.3, 0.4) is 0 Å². The molecule has 0 amide bonds. The van der Waals surface area contributed by atoms with E-state index in [-0.39, 0.29) is 0 Å². The number of likely N-dealkylation sites (N-methyl/N-ethyl adjacent to an activating group) is 1. The maximum atomic E-state index is 3.43. The molecule has 1 aliphatic rings. The summed E-state index contributed by atoms with van der Waals surface area (Å²) < 4.78 is 0. The molecule has 0 aromatic carbocycles. The van der Waals surface area contributed by atoms with Gasteiger partial charge in [0.05, 0.1) is 0 Å². The van der Waals surface area contributed by atoms with E-state index in [9.17, 15) is 0 Å². The number of hydrogen-bond acceptors (Lipinski definition) is 2. The van der Waals surface area contributed by atoms with E-state index in [0.717, 1.165) is 19.0 Å². The van der Waals surface area contributed by atoms with Gasteiger partial charge in [-0.25, -0.2) is 0 Å². The second kappa shape index (κ2) is 6.41. The van der Waals surface area contributed by atoms with Crippen LogP contribution in [0.5, 0.6) is 0 Å². The van der Waals surface area contributed by atoms with E-state index < -0.39 is 0 Å². The average molecular weight is 198 g/mol. The minimum absolute atomic E-state index is 0.716. The maximum Gasteiger partial charge on any atom is 0.0192 e. The molecule has 2 nitrogen and oxygen atoms in total. The van der Waals surface area contributed by atoms with Gasteiger partial charge in [-0.2, -0.15) is 0 Å². The molecular weight excluding hydrogens is 172 g/mol. The van der Waals surface area contributed by atoms with Gasteiger partial charge in [0.2, 0.25) is 0 Å². The van der Waals surface area contributed by atoms with Crippen molar-refractivity contribution in [3.05, 3.63) is 0 Å². The average Bonchev–Trinajstić information content (AvgIpc) is 2.26. The van der Waals surface area contributed by atoms with Crippen molar-refractivity contribution in [1.82, 2.24) is 10.2 Å². The zero-order chi connectivity index (χ0) is 10.4. The third-order valence-electron chi connectivity index (χ3n) is 3.54. The first-order chi connectivity index (χ1) is 6.77. The van der Waals surface area contributed by atoms with E-state index in [1.165, 1.54) is 32.4 Å². The summed E-state index contributed by atoms with van der Waals surface area (Å²) in [6.45, 7) is 11.7. The van der Waals surface area contributed by atoms with E-state index in [1.54, 1.807) is 0 Å². The van der Waals surface area contributed by atoms with E-state index >= 15 is 0 Å². The highest BCUT2D eigenvalue weighted by Crippen LogP contribution is 2.20. The number of nitrogens with zero attached hydrogens (tertiary/aromatic N) is 1. The van der Waals surface area contributed by atoms with Crippen molar-refractivity contribution in [1.29, 1.82) is 0 Å². The third-order valence-corrected chi connectivity index (χ3v) is 3.54. The van der Waals surface area contributed by atoms with Crippen molar-refractivity contribution in [2.75, 3.05) is 26.2 Å². The highest BCUT2D eigenvalue weighted by atomic mass is 15.2. The number of rotatable bonds is 5. The van der Waals surface area contributed by atoms with Crippen molar-refractivity contribution < 1.29 is 0 Å². The Hall–Kier alpha value is -0.0800. The lowest BCUT2D eigenvalue weighted by molar-refractivity contribution is 0.138. The maximum absolute atomic E-state index is 3.43. The lowest BCUT2D eigenvalue weighted by Gasteiger charge is -2.35. The number of nitrogens with one attached hydrogen (secondary N) is 1. The van der Waals surface area contributed by atoms with Gasteiger partial charge in [0.15, 0.2) is 0 Å². The van der Waals surface area contributed by atoms with Crippen LogP contribution in [-0.4, -0.2) is 37.1 Å². The molecule has 0 radical (unpaired) electrons. The van der Waals surface area contributed by atoms with E-state index in [4.69, 9.17) is 0 Å². The van der Waals surface area contributed by atoms with Crippen LogP contribution in [0.25, 0.3) is 0 Å². The molecule has 0 aromatic heterocycles. The van der Waals surface area contributed by atoms with Gasteiger partial charge < -0.3 is 5.32 Å². The lowest BCUT2D eigenvalue weighted by Crippen LogP contribution is -2.44. The van der Waals surface area contributed by atoms with Gasteiger partial charge in [0, 0.05) is 12.6 Å². The fourth-order valence-electron chi connectivity index (χ4n) is 2.28. The predicted octanol–water partition coefficient (Wildman–Crippen LogP) is 2.11. The highest BCUT2D eigenvalue weighted by molar-refractivity contribution is 4.76. The molecule has 1 atom stereocenters. The van der Waals surface area contributed by atoms with E-state index in [2.05, 4.69) is 31.0 Å². The smallest absolute Gasteiger partial charge is 0.0192 e. The standard InChI is InChI=1S/C12H26N2/c1-4-12-6-8-14(9-7-12)11(3)10-13-5-2/h11-13H,4-10H2,1-3H3. The van der Waals surface area contributed by atoms with Gasteiger partial charge in [-0.05, 0) is 45.3 Å². The molecule has 1 heterocycles. The minimum Gasteiger partial charge on any atom is -0.315 e. The van der Waals surface area contributed by atoms with Crippen LogP contribution in [-0.2, 0) is 0 Å². The fraction of sp³-hybridized carbons (Fsp3) is 1.00. The molecule has 0 spiro atoms. The van der Waals surface area contributed by atoms with E-state index in [0.29, 0.717) is 6.04 Å². The Morgan fingerprint density at radius 3 is 2.43 bits per heavy atom. The molecule has 1 aliphatic heterocycles. The van der Waals surface area contributed by atoms with Gasteiger partial charge in [-0.3, -0.25) is 4.90 Å². The van der Waals surface area contributed by atoms with Crippen molar-refractivity contribution in [3.8, 4) is 0 Å². The highest BCUT2D eigenvalue weighted by Gasteiger charge is 2.20. The Bertz CT molecular complexity index is 139. The van der Waals surface area contributed by atoms with Crippen LogP contribution in [0, 0.1) is 5.92 Å². The zero-order valence-electron chi connectivity index (χ0n) is 10.1. The van der Waals surface area contributed by atoms with Crippen molar-refractivity contribution in [3.63, 3.8) is 0 Å². The number of piperidine rings is 1. The molecule has 1 saturated heterocycles. The Kier molecular flexibility index (Phi) is 5.49. The molecule has 1 fully saturated rings. The molecule has 0 saturated carbocycles. The summed E-state index contributed by atoms with van der Waals surface area (Å²) in [5.74, 6) is 0.998. The van der Waals surface area contributed by atoms with Crippen molar-refractivity contribution in [2.24, 2.45) is 5.92 Å². The molecule has 0 aromatic rings. The lowest BCUT2D eigenvalue weighted by atomic mass is 9.94. The SMILES string of the molecule is CCNCC(C)N1CCC(CC)CC1. The summed E-state index contributed by atoms with van der Waals surface area (Å²) in [5, 5.41) is 3.43. The molecule has 1 rings (SSSR count). The van der Waals surface area contributed by atoms with Gasteiger partial charge in [0.25, 0.3) is 0 Å². The summed E-state index contributed by atoms with van der Waals surface area (Å²) in [6.07, 6.45) is 4.19. The zero-order valence-corrected chi connectivity index (χ0v) is 10.1. The van der Waals surface area contributed by atoms with Gasteiger partial charge in [-0.1, -0.05) is 20.3 Å². The molecule has 1 N–H and O–H groups in total. The second-order valence-corrected chi connectivity index (χ2v) is 4.54. The third kappa shape index (κ3) is 3.58. The first-order valence-electron chi connectivity index (χ1n) is 6.22. The van der Waals surface area contributed by atoms with Gasteiger partial charge in [-0.15, -0.1) is 0 Å². The summed E-state index contributed by atoms with van der Waals surface area (Å²) in [5.41, 5.74) is 0. The minimum atomic E-state index is 0.716. The summed E-state index contributed by atoms with van der Waals surface area (Å²) in [6, 6.07) is 0.716. The normalized spacial score (nSPS) is 22.5. The molecule has 14 heavy (non-hydrogen) atoms. The summed E-state index contributed by atoms with van der Waals surface area (Å²) >= 11 is 0. The first-order valence-corrected chi connectivity index (χ1v) is 6.22. The first kappa shape index (κ1) is 12.0. The Labute approximate surface area is 89.1 Å². The Morgan fingerprint density at radius 1 is 1.29 bits per heavy atom. The van der Waals surface area contributed by atoms with Crippen LogP contribution in [0.4, 0.5) is 0 Å². The van der Waals surface area contributed by atoms with Crippen LogP contribution < -0.4 is 5.32 Å². The number of likely N-dealkylation sites (tertiary alicyclic amines) is 1. The predicted molar refractivity (Wildman–Crippen MR) is 62.6 cm³/mol. The molecule has 84 valence electrons. The number of hydrogen-bond donors (Lipinski definition) is 1. The molecule has 0 bridgehead atoms. The van der Waals surface area contributed by atoms with Crippen LogP contribution >= 0.6 is 0 Å². The molecule has 1 unspecified atom stereocenters. The fourth-order valence-corrected chi connectivity index (χ4v) is 2.28. The van der Waals surface area contributed by atoms with Crippen LogP contribution in [0.2, 0.25) is 0 Å². The molecular formula is C12H26N2. The Balaban J connectivity index is 2.19. The van der Waals surface area contributed by atoms with Crippen molar-refractivity contribution in [2.45, 2.75) is 46.1 Å². The van der Waals surface area contributed by atoms with Gasteiger partial charge in [0.1, 0.15) is 0 Å². The quantitative estimate of drug-likeness (QED) is 0.728. The largest absolute Gasteiger partial charge is 0.315 e. The topological polar surface area (TPSA) is 15.3 Å². The van der Waals surface area contributed by atoms with Crippen LogP contribution in [0.1, 0.15) is 40.0 Å². The second-order valence-electron chi connectivity index (χ2n) is 4.54. The van der Waals surface area contributed by atoms with Crippen molar-refractivity contribution >= 4 is 0 Å². The van der Waals surface area contributed by atoms with Crippen LogP contribution in [0.15, 0.2) is 0 Å². The molecule has 2 heteroatoms. The monoisotopic (exact) mass is 198 g/mol. The summed E-state index contributed by atoms with van der Waals surface area (Å²) in [4.78, 5) is 2.63.